The minimum atomic E-state index is -0.339. The number of hydrogen-bond acceptors (Lipinski definition) is 3. The first-order valence-corrected chi connectivity index (χ1v) is 5.94. The summed E-state index contributed by atoms with van der Waals surface area (Å²) in [7, 11) is 0. The van der Waals surface area contributed by atoms with Gasteiger partial charge in [0.25, 0.3) is 5.91 Å². The van der Waals surface area contributed by atoms with Gasteiger partial charge >= 0.3 is 0 Å². The number of nitrogens with zero attached hydrogens (tertiary/aromatic N) is 1. The van der Waals surface area contributed by atoms with Gasteiger partial charge in [-0.05, 0) is 26.3 Å². The van der Waals surface area contributed by atoms with Crippen LogP contribution in [0, 0.1) is 13.8 Å². The number of aliphatic hydroxyl groups excluding tert-OH is 1. The monoisotopic (exact) mass is 225 g/mol. The Labute approximate surface area is 93.3 Å². The molecule has 0 aromatic carbocycles. The van der Waals surface area contributed by atoms with E-state index in [2.05, 4.69) is 0 Å². The molecule has 15 heavy (non-hydrogen) atoms. The van der Waals surface area contributed by atoms with Crippen LogP contribution in [0.25, 0.3) is 0 Å². The van der Waals surface area contributed by atoms with Crippen LogP contribution in [0.15, 0.2) is 6.07 Å². The molecule has 2 rings (SSSR count). The van der Waals surface area contributed by atoms with Crippen molar-refractivity contribution >= 4 is 17.2 Å². The minimum absolute atomic E-state index is 0.0633. The van der Waals surface area contributed by atoms with Gasteiger partial charge in [-0.1, -0.05) is 0 Å². The summed E-state index contributed by atoms with van der Waals surface area (Å²) in [6, 6.07) is 1.94. The maximum absolute atomic E-state index is 12.0. The van der Waals surface area contributed by atoms with Crippen molar-refractivity contribution in [1.82, 2.24) is 4.90 Å². The standard InChI is InChI=1S/C11H15NO2S/c1-7-5-10(8(2)15-7)11(14)12-4-3-9(13)6-12/h5,9,13H,3-4,6H2,1-2H3. The molecule has 0 saturated carbocycles. The number of carbonyl (C=O) groups excluding carboxylic acids is 1. The van der Waals surface area contributed by atoms with Crippen molar-refractivity contribution in [3.63, 3.8) is 0 Å². The zero-order valence-corrected chi connectivity index (χ0v) is 9.80. The van der Waals surface area contributed by atoms with Crippen molar-refractivity contribution in [2.45, 2.75) is 26.4 Å². The van der Waals surface area contributed by atoms with Crippen molar-refractivity contribution in [2.24, 2.45) is 0 Å². The van der Waals surface area contributed by atoms with E-state index in [0.717, 1.165) is 15.3 Å². The zero-order valence-electron chi connectivity index (χ0n) is 8.99. The normalized spacial score (nSPS) is 21.0. The van der Waals surface area contributed by atoms with E-state index in [1.807, 2.05) is 19.9 Å². The van der Waals surface area contributed by atoms with E-state index >= 15 is 0 Å². The molecular formula is C11H15NO2S. The number of β-amino-alcohol motifs (C(OH)–C–C–N with tert-alkyl or cyclic N) is 1. The molecule has 1 amide bonds. The van der Waals surface area contributed by atoms with E-state index in [-0.39, 0.29) is 12.0 Å². The first-order valence-electron chi connectivity index (χ1n) is 5.12. The van der Waals surface area contributed by atoms with E-state index in [4.69, 9.17) is 0 Å². The van der Waals surface area contributed by atoms with Gasteiger partial charge < -0.3 is 10.0 Å². The van der Waals surface area contributed by atoms with E-state index in [1.165, 1.54) is 0 Å². The number of amides is 1. The van der Waals surface area contributed by atoms with Gasteiger partial charge in [-0.15, -0.1) is 11.3 Å². The highest BCUT2D eigenvalue weighted by Gasteiger charge is 2.26. The summed E-state index contributed by atoms with van der Waals surface area (Å²) in [4.78, 5) is 16.0. The predicted octanol–water partition coefficient (Wildman–Crippen LogP) is 1.57. The number of aryl methyl sites for hydroxylation is 2. The number of rotatable bonds is 1. The predicted molar refractivity (Wildman–Crippen MR) is 60.3 cm³/mol. The molecule has 1 saturated heterocycles. The minimum Gasteiger partial charge on any atom is -0.391 e. The molecule has 1 unspecified atom stereocenters. The Morgan fingerprint density at radius 3 is 2.80 bits per heavy atom. The molecule has 0 spiro atoms. The lowest BCUT2D eigenvalue weighted by atomic mass is 10.2. The number of hydrogen-bond donors (Lipinski definition) is 1. The molecule has 1 N–H and O–H groups in total. The average Bonchev–Trinajstić information content (AvgIpc) is 2.71. The maximum atomic E-state index is 12.0. The zero-order chi connectivity index (χ0) is 11.0. The van der Waals surface area contributed by atoms with Crippen LogP contribution in [0.5, 0.6) is 0 Å². The second-order valence-corrected chi connectivity index (χ2v) is 5.48. The van der Waals surface area contributed by atoms with E-state index in [0.29, 0.717) is 19.5 Å². The summed E-state index contributed by atoms with van der Waals surface area (Å²) >= 11 is 1.65. The summed E-state index contributed by atoms with van der Waals surface area (Å²) in [5.74, 6) is 0.0633. The molecule has 1 fully saturated rings. The van der Waals surface area contributed by atoms with E-state index in [9.17, 15) is 9.90 Å². The highest BCUT2D eigenvalue weighted by molar-refractivity contribution is 7.12. The summed E-state index contributed by atoms with van der Waals surface area (Å²) in [5.41, 5.74) is 0.798. The summed E-state index contributed by atoms with van der Waals surface area (Å²) in [6.07, 6.45) is 0.363. The highest BCUT2D eigenvalue weighted by Crippen LogP contribution is 2.23. The fourth-order valence-electron chi connectivity index (χ4n) is 1.94. The first-order chi connectivity index (χ1) is 7.08. The molecule has 1 aromatic heterocycles. The molecular weight excluding hydrogens is 210 g/mol. The van der Waals surface area contributed by atoms with E-state index < -0.39 is 0 Å². The van der Waals surface area contributed by atoms with Crippen molar-refractivity contribution in [3.8, 4) is 0 Å². The summed E-state index contributed by atoms with van der Waals surface area (Å²) in [5, 5.41) is 9.38. The lowest BCUT2D eigenvalue weighted by Gasteiger charge is -2.14. The van der Waals surface area contributed by atoms with Crippen LogP contribution in [0.3, 0.4) is 0 Å². The van der Waals surface area contributed by atoms with Gasteiger partial charge in [0.1, 0.15) is 0 Å². The highest BCUT2D eigenvalue weighted by atomic mass is 32.1. The van der Waals surface area contributed by atoms with Crippen LogP contribution in [-0.4, -0.2) is 35.1 Å². The molecule has 3 nitrogen and oxygen atoms in total. The van der Waals surface area contributed by atoms with E-state index in [1.54, 1.807) is 16.2 Å². The number of carbonyl (C=O) groups is 1. The molecule has 0 bridgehead atoms. The molecule has 2 heterocycles. The number of aliphatic hydroxyl groups is 1. The second kappa shape index (κ2) is 3.94. The van der Waals surface area contributed by atoms with Crippen LogP contribution < -0.4 is 0 Å². The average molecular weight is 225 g/mol. The molecule has 1 aliphatic heterocycles. The Kier molecular flexibility index (Phi) is 2.80. The molecule has 0 aliphatic carbocycles. The van der Waals surface area contributed by atoms with Gasteiger partial charge in [-0.25, -0.2) is 0 Å². The number of thiophene rings is 1. The fourth-order valence-corrected chi connectivity index (χ4v) is 2.86. The third-order valence-corrected chi connectivity index (χ3v) is 3.69. The SMILES string of the molecule is Cc1cc(C(=O)N2CCC(O)C2)c(C)s1. The Hall–Kier alpha value is -0.870. The molecule has 1 aromatic rings. The molecule has 0 radical (unpaired) electrons. The van der Waals surface area contributed by atoms with Crippen LogP contribution in [-0.2, 0) is 0 Å². The van der Waals surface area contributed by atoms with Gasteiger partial charge in [0.05, 0.1) is 11.7 Å². The first kappa shape index (κ1) is 10.6. The quantitative estimate of drug-likeness (QED) is 0.788. The van der Waals surface area contributed by atoms with Crippen molar-refractivity contribution in [1.29, 1.82) is 0 Å². The largest absolute Gasteiger partial charge is 0.391 e. The van der Waals surface area contributed by atoms with Gasteiger partial charge in [0, 0.05) is 22.8 Å². The molecule has 1 atom stereocenters. The van der Waals surface area contributed by atoms with Crippen molar-refractivity contribution < 1.29 is 9.90 Å². The Bertz CT molecular complexity index is 386. The Morgan fingerprint density at radius 2 is 2.33 bits per heavy atom. The van der Waals surface area contributed by atoms with Crippen LogP contribution >= 0.6 is 11.3 Å². The van der Waals surface area contributed by atoms with Crippen molar-refractivity contribution in [2.75, 3.05) is 13.1 Å². The van der Waals surface area contributed by atoms with Gasteiger partial charge in [-0.2, -0.15) is 0 Å². The van der Waals surface area contributed by atoms with Gasteiger partial charge in [0.15, 0.2) is 0 Å². The smallest absolute Gasteiger partial charge is 0.255 e. The van der Waals surface area contributed by atoms with Gasteiger partial charge in [-0.3, -0.25) is 4.79 Å². The van der Waals surface area contributed by atoms with Crippen LogP contribution in [0.4, 0.5) is 0 Å². The fraction of sp³-hybridized carbons (Fsp3) is 0.545. The van der Waals surface area contributed by atoms with Crippen molar-refractivity contribution in [3.05, 3.63) is 21.4 Å². The Morgan fingerprint density at radius 1 is 1.60 bits per heavy atom. The van der Waals surface area contributed by atoms with Gasteiger partial charge in [0.2, 0.25) is 0 Å². The molecule has 82 valence electrons. The van der Waals surface area contributed by atoms with Crippen LogP contribution in [0.2, 0.25) is 0 Å². The Balaban J connectivity index is 2.17. The third kappa shape index (κ3) is 2.06. The topological polar surface area (TPSA) is 40.5 Å². The lowest BCUT2D eigenvalue weighted by Crippen LogP contribution is -2.29. The second-order valence-electron chi connectivity index (χ2n) is 4.02. The maximum Gasteiger partial charge on any atom is 0.255 e. The third-order valence-electron chi connectivity index (χ3n) is 2.72. The summed E-state index contributed by atoms with van der Waals surface area (Å²) in [6.45, 7) is 5.13. The molecule has 1 aliphatic rings. The molecule has 4 heteroatoms. The summed E-state index contributed by atoms with van der Waals surface area (Å²) < 4.78 is 0. The van der Waals surface area contributed by atoms with Crippen LogP contribution in [0.1, 0.15) is 26.5 Å². The number of likely N-dealkylation sites (tertiary alicyclic amines) is 1. The lowest BCUT2D eigenvalue weighted by molar-refractivity contribution is 0.0765.